The molecule has 0 bridgehead atoms. The number of nitrogens with two attached hydrogens (primary N) is 1. The fourth-order valence-electron chi connectivity index (χ4n) is 1.69. The minimum atomic E-state index is 0.134. The minimum Gasteiger partial charge on any atom is -0.324 e. The van der Waals surface area contributed by atoms with Crippen molar-refractivity contribution in [3.8, 4) is 0 Å². The van der Waals surface area contributed by atoms with Crippen molar-refractivity contribution in [2.45, 2.75) is 29.2 Å². The van der Waals surface area contributed by atoms with E-state index in [1.165, 1.54) is 10.5 Å². The minimum absolute atomic E-state index is 0.134. The Labute approximate surface area is 117 Å². The van der Waals surface area contributed by atoms with Gasteiger partial charge in [-0.15, -0.1) is 0 Å². The van der Waals surface area contributed by atoms with Crippen LogP contribution >= 0.6 is 23.4 Å². The number of hydrogen-bond donors (Lipinski definition) is 1. The summed E-state index contributed by atoms with van der Waals surface area (Å²) in [5.74, 6) is 0. The van der Waals surface area contributed by atoms with Gasteiger partial charge in [0.1, 0.15) is 0 Å². The molecular formula is C15H16ClNS. The lowest BCUT2D eigenvalue weighted by atomic mass is 10.1. The second-order valence-electron chi connectivity index (χ2n) is 4.14. The van der Waals surface area contributed by atoms with Crippen LogP contribution in [0.2, 0.25) is 5.02 Å². The van der Waals surface area contributed by atoms with Crippen LogP contribution in [0.25, 0.3) is 0 Å². The molecule has 3 heteroatoms. The fraction of sp³-hybridized carbons (Fsp3) is 0.200. The number of rotatable bonds is 4. The lowest BCUT2D eigenvalue weighted by Gasteiger charge is -2.09. The van der Waals surface area contributed by atoms with E-state index in [9.17, 15) is 0 Å². The summed E-state index contributed by atoms with van der Waals surface area (Å²) in [4.78, 5) is 2.35. The van der Waals surface area contributed by atoms with E-state index in [1.807, 2.05) is 18.2 Å². The molecule has 0 fully saturated rings. The van der Waals surface area contributed by atoms with Crippen LogP contribution in [-0.4, -0.2) is 0 Å². The third-order valence-corrected chi connectivity index (χ3v) is 4.01. The maximum atomic E-state index is 5.99. The highest BCUT2D eigenvalue weighted by molar-refractivity contribution is 7.99. The zero-order valence-corrected chi connectivity index (χ0v) is 11.8. The van der Waals surface area contributed by atoms with Gasteiger partial charge in [-0.3, -0.25) is 0 Å². The molecule has 2 rings (SSSR count). The van der Waals surface area contributed by atoms with Crippen molar-refractivity contribution in [2.75, 3.05) is 0 Å². The number of benzene rings is 2. The summed E-state index contributed by atoms with van der Waals surface area (Å²) in [6.45, 7) is 2.10. The van der Waals surface area contributed by atoms with Crippen LogP contribution < -0.4 is 5.73 Å². The lowest BCUT2D eigenvalue weighted by molar-refractivity contribution is 0.698. The van der Waals surface area contributed by atoms with Crippen molar-refractivity contribution in [3.05, 3.63) is 59.1 Å². The van der Waals surface area contributed by atoms with Crippen LogP contribution in [0.15, 0.2) is 58.3 Å². The molecule has 94 valence electrons. The van der Waals surface area contributed by atoms with Crippen molar-refractivity contribution in [3.63, 3.8) is 0 Å². The van der Waals surface area contributed by atoms with Crippen molar-refractivity contribution in [2.24, 2.45) is 5.73 Å². The van der Waals surface area contributed by atoms with E-state index in [2.05, 4.69) is 37.3 Å². The van der Waals surface area contributed by atoms with Gasteiger partial charge in [-0.25, -0.2) is 0 Å². The van der Waals surface area contributed by atoms with Gasteiger partial charge in [-0.1, -0.05) is 48.5 Å². The molecule has 0 amide bonds. The van der Waals surface area contributed by atoms with Gasteiger partial charge in [0, 0.05) is 20.9 Å². The van der Waals surface area contributed by atoms with E-state index < -0.39 is 0 Å². The highest BCUT2D eigenvalue weighted by Gasteiger charge is 2.03. The van der Waals surface area contributed by atoms with Crippen LogP contribution in [0.3, 0.4) is 0 Å². The van der Waals surface area contributed by atoms with Crippen LogP contribution in [0, 0.1) is 0 Å². The quantitative estimate of drug-likeness (QED) is 0.860. The second kappa shape index (κ2) is 6.28. The van der Waals surface area contributed by atoms with Crippen molar-refractivity contribution in [1.82, 2.24) is 0 Å². The average Bonchev–Trinajstić information content (AvgIpc) is 2.39. The van der Waals surface area contributed by atoms with E-state index in [0.717, 1.165) is 16.3 Å². The third kappa shape index (κ3) is 3.52. The Hall–Kier alpha value is -0.960. The van der Waals surface area contributed by atoms with E-state index >= 15 is 0 Å². The van der Waals surface area contributed by atoms with Gasteiger partial charge < -0.3 is 5.73 Å². The van der Waals surface area contributed by atoms with E-state index in [-0.39, 0.29) is 6.04 Å². The summed E-state index contributed by atoms with van der Waals surface area (Å²) in [5.41, 5.74) is 7.18. The van der Waals surface area contributed by atoms with Crippen molar-refractivity contribution in [1.29, 1.82) is 0 Å². The standard InChI is InChI=1S/C15H16ClNS/c1-2-15(17)11-6-8-13(9-7-11)18-14-5-3-4-12(16)10-14/h3-10,15H,2,17H2,1H3/t15-/m0/s1. The molecular weight excluding hydrogens is 262 g/mol. The first-order chi connectivity index (χ1) is 8.69. The molecule has 0 heterocycles. The summed E-state index contributed by atoms with van der Waals surface area (Å²) < 4.78 is 0. The predicted octanol–water partition coefficient (Wildman–Crippen LogP) is 4.90. The molecule has 0 aliphatic heterocycles. The Morgan fingerprint density at radius 1 is 1.11 bits per heavy atom. The normalized spacial score (nSPS) is 12.4. The topological polar surface area (TPSA) is 26.0 Å². The Morgan fingerprint density at radius 2 is 1.83 bits per heavy atom. The zero-order valence-electron chi connectivity index (χ0n) is 10.3. The molecule has 0 aliphatic rings. The van der Waals surface area contributed by atoms with Crippen LogP contribution in [-0.2, 0) is 0 Å². The molecule has 18 heavy (non-hydrogen) atoms. The highest BCUT2D eigenvalue weighted by Crippen LogP contribution is 2.30. The van der Waals surface area contributed by atoms with Crippen molar-refractivity contribution >= 4 is 23.4 Å². The summed E-state index contributed by atoms with van der Waals surface area (Å²) in [5, 5.41) is 0.768. The molecule has 2 N–H and O–H groups in total. The summed E-state index contributed by atoms with van der Waals surface area (Å²) >= 11 is 7.67. The van der Waals surface area contributed by atoms with E-state index in [1.54, 1.807) is 11.8 Å². The largest absolute Gasteiger partial charge is 0.324 e. The second-order valence-corrected chi connectivity index (χ2v) is 5.73. The highest BCUT2D eigenvalue weighted by atomic mass is 35.5. The van der Waals surface area contributed by atoms with Gasteiger partial charge in [0.2, 0.25) is 0 Å². The Bertz CT molecular complexity index is 510. The monoisotopic (exact) mass is 277 g/mol. The third-order valence-electron chi connectivity index (χ3n) is 2.78. The van der Waals surface area contributed by atoms with Gasteiger partial charge in [0.15, 0.2) is 0 Å². The molecule has 0 aliphatic carbocycles. The first-order valence-corrected chi connectivity index (χ1v) is 7.17. The summed E-state index contributed by atoms with van der Waals surface area (Å²) in [6.07, 6.45) is 0.959. The first-order valence-electron chi connectivity index (χ1n) is 5.98. The molecule has 0 radical (unpaired) electrons. The van der Waals surface area contributed by atoms with Crippen LogP contribution in [0.4, 0.5) is 0 Å². The molecule has 0 saturated carbocycles. The van der Waals surface area contributed by atoms with E-state index in [0.29, 0.717) is 0 Å². The van der Waals surface area contributed by atoms with Gasteiger partial charge >= 0.3 is 0 Å². The molecule has 2 aromatic carbocycles. The Kier molecular flexibility index (Phi) is 4.70. The maximum Gasteiger partial charge on any atom is 0.0417 e. The summed E-state index contributed by atoms with van der Waals surface area (Å²) in [6, 6.07) is 16.4. The van der Waals surface area contributed by atoms with Crippen LogP contribution in [0.1, 0.15) is 24.9 Å². The molecule has 0 spiro atoms. The molecule has 0 unspecified atom stereocenters. The predicted molar refractivity (Wildman–Crippen MR) is 79.2 cm³/mol. The summed E-state index contributed by atoms with van der Waals surface area (Å²) in [7, 11) is 0. The van der Waals surface area contributed by atoms with Gasteiger partial charge in [0.05, 0.1) is 0 Å². The molecule has 2 aromatic rings. The fourth-order valence-corrected chi connectivity index (χ4v) is 2.82. The maximum absolute atomic E-state index is 5.99. The number of halogens is 1. The molecule has 0 saturated heterocycles. The average molecular weight is 278 g/mol. The van der Waals surface area contributed by atoms with E-state index in [4.69, 9.17) is 17.3 Å². The Balaban J connectivity index is 2.11. The lowest BCUT2D eigenvalue weighted by Crippen LogP contribution is -2.07. The van der Waals surface area contributed by atoms with Gasteiger partial charge in [0.25, 0.3) is 0 Å². The van der Waals surface area contributed by atoms with Gasteiger partial charge in [-0.2, -0.15) is 0 Å². The smallest absolute Gasteiger partial charge is 0.0417 e. The Morgan fingerprint density at radius 3 is 2.44 bits per heavy atom. The molecule has 1 nitrogen and oxygen atoms in total. The molecule has 0 aromatic heterocycles. The molecule has 1 atom stereocenters. The SMILES string of the molecule is CC[C@H](N)c1ccc(Sc2cccc(Cl)c2)cc1. The van der Waals surface area contributed by atoms with Crippen LogP contribution in [0.5, 0.6) is 0 Å². The first kappa shape index (κ1) is 13.5. The number of hydrogen-bond acceptors (Lipinski definition) is 2. The van der Waals surface area contributed by atoms with Gasteiger partial charge in [-0.05, 0) is 42.3 Å². The van der Waals surface area contributed by atoms with Crippen molar-refractivity contribution < 1.29 is 0 Å². The zero-order chi connectivity index (χ0) is 13.0.